The summed E-state index contributed by atoms with van der Waals surface area (Å²) >= 11 is 0. The molecule has 2 saturated heterocycles. The number of nitrogens with zero attached hydrogens (tertiary/aromatic N) is 1. The predicted molar refractivity (Wildman–Crippen MR) is 43.3 cm³/mol. The Morgan fingerprint density at radius 3 is 2.75 bits per heavy atom. The van der Waals surface area contributed by atoms with Crippen LogP contribution in [0.4, 0.5) is 4.39 Å². The third-order valence-electron chi connectivity index (χ3n) is 3.36. The summed E-state index contributed by atoms with van der Waals surface area (Å²) in [6.45, 7) is 4.32. The molecule has 0 N–H and O–H groups in total. The van der Waals surface area contributed by atoms with E-state index >= 15 is 0 Å². The molecule has 12 heavy (non-hydrogen) atoms. The molecule has 0 radical (unpaired) electrons. The fraction of sp³-hybridized carbons (Fsp3) is 0.889. The Kier molecular flexibility index (Phi) is 1.63. The maximum atomic E-state index is 12.9. The molecule has 2 fully saturated rings. The Morgan fingerprint density at radius 1 is 1.50 bits per heavy atom. The minimum absolute atomic E-state index is 0.0995. The molecular formula is C9H14FNO. The number of hydrogen-bond acceptors (Lipinski definition) is 1. The number of halogens is 1. The van der Waals surface area contributed by atoms with Crippen molar-refractivity contribution in [3.05, 3.63) is 0 Å². The smallest absolute Gasteiger partial charge is 0.226 e. The van der Waals surface area contributed by atoms with Crippen LogP contribution in [-0.4, -0.2) is 29.6 Å². The van der Waals surface area contributed by atoms with E-state index < -0.39 is 6.17 Å². The van der Waals surface area contributed by atoms with Gasteiger partial charge in [-0.2, -0.15) is 0 Å². The third-order valence-corrected chi connectivity index (χ3v) is 3.36. The summed E-state index contributed by atoms with van der Waals surface area (Å²) in [7, 11) is 0. The summed E-state index contributed by atoms with van der Waals surface area (Å²) in [5.41, 5.74) is 0. The molecule has 3 unspecified atom stereocenters. The van der Waals surface area contributed by atoms with Crippen LogP contribution in [0.25, 0.3) is 0 Å². The molecule has 2 heterocycles. The van der Waals surface area contributed by atoms with Crippen LogP contribution in [0, 0.1) is 11.8 Å². The molecule has 68 valence electrons. The molecule has 0 aliphatic carbocycles. The molecule has 4 atom stereocenters. The Morgan fingerprint density at radius 2 is 2.17 bits per heavy atom. The molecule has 2 nitrogen and oxygen atoms in total. The van der Waals surface area contributed by atoms with Gasteiger partial charge in [-0.25, -0.2) is 4.39 Å². The lowest BCUT2D eigenvalue weighted by molar-refractivity contribution is -0.131. The normalized spacial score (nSPS) is 46.9. The second-order valence-electron chi connectivity index (χ2n) is 4.04. The van der Waals surface area contributed by atoms with E-state index in [2.05, 4.69) is 0 Å². The van der Waals surface area contributed by atoms with Gasteiger partial charge in [0.25, 0.3) is 0 Å². The van der Waals surface area contributed by atoms with Gasteiger partial charge < -0.3 is 4.90 Å². The van der Waals surface area contributed by atoms with E-state index in [-0.39, 0.29) is 17.9 Å². The van der Waals surface area contributed by atoms with Crippen LogP contribution in [-0.2, 0) is 4.79 Å². The van der Waals surface area contributed by atoms with Crippen molar-refractivity contribution in [2.45, 2.75) is 32.5 Å². The Hall–Kier alpha value is -0.600. The summed E-state index contributed by atoms with van der Waals surface area (Å²) in [5, 5.41) is 0. The van der Waals surface area contributed by atoms with E-state index in [1.807, 2.05) is 13.8 Å². The average molecular weight is 171 g/mol. The second kappa shape index (κ2) is 2.44. The van der Waals surface area contributed by atoms with Gasteiger partial charge in [-0.1, -0.05) is 13.8 Å². The van der Waals surface area contributed by atoms with E-state index in [0.29, 0.717) is 18.9 Å². The maximum Gasteiger partial charge on any atom is 0.226 e. The fourth-order valence-corrected chi connectivity index (χ4v) is 2.38. The highest BCUT2D eigenvalue weighted by atomic mass is 19.1. The molecule has 0 bridgehead atoms. The molecule has 0 spiro atoms. The number of rotatable bonds is 0. The third kappa shape index (κ3) is 0.883. The number of carbonyl (C=O) groups is 1. The van der Waals surface area contributed by atoms with E-state index in [4.69, 9.17) is 0 Å². The lowest BCUT2D eigenvalue weighted by Gasteiger charge is -2.16. The zero-order valence-electron chi connectivity index (χ0n) is 7.46. The number of hydrogen-bond donors (Lipinski definition) is 0. The second-order valence-corrected chi connectivity index (χ2v) is 4.04. The summed E-state index contributed by atoms with van der Waals surface area (Å²) in [6, 6.07) is 0.183. The van der Waals surface area contributed by atoms with Crippen molar-refractivity contribution in [3.8, 4) is 0 Å². The fourth-order valence-electron chi connectivity index (χ4n) is 2.38. The van der Waals surface area contributed by atoms with Gasteiger partial charge >= 0.3 is 0 Å². The minimum atomic E-state index is -0.783. The molecule has 2 rings (SSSR count). The molecule has 0 saturated carbocycles. The van der Waals surface area contributed by atoms with Gasteiger partial charge in [-0.15, -0.1) is 0 Å². The van der Waals surface area contributed by atoms with Crippen LogP contribution in [0.1, 0.15) is 20.3 Å². The van der Waals surface area contributed by atoms with Crippen molar-refractivity contribution in [2.75, 3.05) is 6.54 Å². The zero-order valence-corrected chi connectivity index (χ0v) is 7.46. The van der Waals surface area contributed by atoms with Crippen molar-refractivity contribution >= 4 is 5.91 Å². The number of amides is 1. The first-order valence-corrected chi connectivity index (χ1v) is 4.56. The minimum Gasteiger partial charge on any atom is -0.336 e. The van der Waals surface area contributed by atoms with Gasteiger partial charge in [0.05, 0.1) is 6.54 Å². The first kappa shape index (κ1) is 8.02. The highest BCUT2D eigenvalue weighted by molar-refractivity contribution is 5.82. The molecule has 1 amide bonds. The van der Waals surface area contributed by atoms with Gasteiger partial charge in [0.2, 0.25) is 5.91 Å². The Balaban J connectivity index is 2.21. The van der Waals surface area contributed by atoms with Gasteiger partial charge in [0, 0.05) is 18.4 Å². The summed E-state index contributed by atoms with van der Waals surface area (Å²) < 4.78 is 12.9. The van der Waals surface area contributed by atoms with Gasteiger partial charge in [0.15, 0.2) is 0 Å². The zero-order chi connectivity index (χ0) is 8.88. The molecule has 2 aliphatic rings. The monoisotopic (exact) mass is 171 g/mol. The van der Waals surface area contributed by atoms with Crippen LogP contribution in [0.15, 0.2) is 0 Å². The van der Waals surface area contributed by atoms with Gasteiger partial charge in [-0.05, 0) is 5.92 Å². The van der Waals surface area contributed by atoms with Crippen LogP contribution >= 0.6 is 0 Å². The first-order valence-electron chi connectivity index (χ1n) is 4.56. The van der Waals surface area contributed by atoms with Crippen LogP contribution < -0.4 is 0 Å². The van der Waals surface area contributed by atoms with E-state index in [1.54, 1.807) is 4.90 Å². The first-order chi connectivity index (χ1) is 5.61. The SMILES string of the molecule is CC1C(=O)N2CC(F)C[C@H]2C1C. The number of carbonyl (C=O) groups excluding carboxylic acids is 1. The van der Waals surface area contributed by atoms with E-state index in [0.717, 1.165) is 0 Å². The summed E-state index contributed by atoms with van der Waals surface area (Å²) in [4.78, 5) is 13.2. The number of alkyl halides is 1. The van der Waals surface area contributed by atoms with E-state index in [1.165, 1.54) is 0 Å². The topological polar surface area (TPSA) is 20.3 Å². The van der Waals surface area contributed by atoms with Crippen molar-refractivity contribution in [1.82, 2.24) is 4.90 Å². The largest absolute Gasteiger partial charge is 0.336 e. The van der Waals surface area contributed by atoms with Crippen molar-refractivity contribution < 1.29 is 9.18 Å². The highest BCUT2D eigenvalue weighted by Gasteiger charge is 2.48. The van der Waals surface area contributed by atoms with Gasteiger partial charge in [0.1, 0.15) is 6.17 Å². The standard InChI is InChI=1S/C9H14FNO/c1-5-6(2)9(12)11-4-7(10)3-8(5)11/h5-8H,3-4H2,1-2H3/t5?,6?,7?,8-/m0/s1. The van der Waals surface area contributed by atoms with Crippen LogP contribution in [0.3, 0.4) is 0 Å². The summed E-state index contributed by atoms with van der Waals surface area (Å²) in [5.74, 6) is 0.577. The molecule has 0 aromatic heterocycles. The lowest BCUT2D eigenvalue weighted by Crippen LogP contribution is -2.29. The predicted octanol–water partition coefficient (Wildman–Crippen LogP) is 1.21. The average Bonchev–Trinajstić information content (AvgIpc) is 2.49. The maximum absolute atomic E-state index is 12.9. The van der Waals surface area contributed by atoms with E-state index in [9.17, 15) is 9.18 Å². The Bertz CT molecular complexity index is 219. The quantitative estimate of drug-likeness (QED) is 0.536. The van der Waals surface area contributed by atoms with Crippen molar-refractivity contribution in [2.24, 2.45) is 11.8 Å². The molecule has 2 aliphatic heterocycles. The highest BCUT2D eigenvalue weighted by Crippen LogP contribution is 2.37. The molecule has 3 heteroatoms. The molecule has 0 aromatic rings. The molecular weight excluding hydrogens is 157 g/mol. The van der Waals surface area contributed by atoms with Crippen LogP contribution in [0.2, 0.25) is 0 Å². The Labute approximate surface area is 71.7 Å². The molecule has 0 aromatic carbocycles. The van der Waals surface area contributed by atoms with Crippen LogP contribution in [0.5, 0.6) is 0 Å². The van der Waals surface area contributed by atoms with Crippen molar-refractivity contribution in [3.63, 3.8) is 0 Å². The summed E-state index contributed by atoms with van der Waals surface area (Å²) in [6.07, 6.45) is -0.231. The number of fused-ring (bicyclic) bond motifs is 1. The lowest BCUT2D eigenvalue weighted by atomic mass is 9.92. The van der Waals surface area contributed by atoms with Crippen molar-refractivity contribution in [1.29, 1.82) is 0 Å². The van der Waals surface area contributed by atoms with Gasteiger partial charge in [-0.3, -0.25) is 4.79 Å².